The van der Waals surface area contributed by atoms with Crippen LogP contribution in [0.2, 0.25) is 0 Å². The summed E-state index contributed by atoms with van der Waals surface area (Å²) in [6.45, 7) is 2.96. The zero-order chi connectivity index (χ0) is 11.1. The fourth-order valence-corrected chi connectivity index (χ4v) is 2.08. The highest BCUT2D eigenvalue weighted by Crippen LogP contribution is 2.18. The summed E-state index contributed by atoms with van der Waals surface area (Å²) in [7, 11) is 1.96. The lowest BCUT2D eigenvalue weighted by Gasteiger charge is -2.03. The predicted molar refractivity (Wildman–Crippen MR) is 64.7 cm³/mol. The maximum absolute atomic E-state index is 4.53. The van der Waals surface area contributed by atoms with E-state index in [0.717, 1.165) is 29.0 Å². The van der Waals surface area contributed by atoms with Gasteiger partial charge < -0.3 is 5.32 Å². The highest BCUT2D eigenvalue weighted by Gasteiger charge is 2.19. The van der Waals surface area contributed by atoms with Gasteiger partial charge >= 0.3 is 0 Å². The third-order valence-electron chi connectivity index (χ3n) is 2.89. The number of aliphatic imine (C=N–C) groups is 1. The lowest BCUT2D eigenvalue weighted by molar-refractivity contribution is 0.723. The first kappa shape index (κ1) is 9.39. The van der Waals surface area contributed by atoms with E-state index >= 15 is 0 Å². The summed E-state index contributed by atoms with van der Waals surface area (Å²) >= 11 is 0. The third-order valence-corrected chi connectivity index (χ3v) is 2.89. The van der Waals surface area contributed by atoms with Gasteiger partial charge in [-0.15, -0.1) is 0 Å². The van der Waals surface area contributed by atoms with Crippen molar-refractivity contribution in [3.63, 3.8) is 0 Å². The van der Waals surface area contributed by atoms with Crippen LogP contribution in [-0.4, -0.2) is 28.2 Å². The zero-order valence-corrected chi connectivity index (χ0v) is 9.44. The molecule has 1 atom stereocenters. The molecular weight excluding hydrogens is 200 g/mol. The summed E-state index contributed by atoms with van der Waals surface area (Å²) < 4.78 is 1.90. The second-order valence-corrected chi connectivity index (χ2v) is 4.22. The molecule has 0 radical (unpaired) electrons. The topological polar surface area (TPSA) is 42.2 Å². The number of para-hydroxylation sites is 1. The molecule has 0 spiro atoms. The van der Waals surface area contributed by atoms with Gasteiger partial charge in [0.25, 0.3) is 0 Å². The summed E-state index contributed by atoms with van der Waals surface area (Å²) in [5.74, 6) is 0.921. The maximum atomic E-state index is 4.53. The van der Waals surface area contributed by atoms with E-state index < -0.39 is 0 Å². The van der Waals surface area contributed by atoms with Crippen LogP contribution in [0.4, 0.5) is 0 Å². The lowest BCUT2D eigenvalue weighted by Crippen LogP contribution is -2.28. The number of aryl methyl sites for hydroxylation is 1. The SMILES string of the molecule is CC1CN=C(c2nn(C)c3ccccc23)N1. The van der Waals surface area contributed by atoms with Crippen LogP contribution in [0.3, 0.4) is 0 Å². The van der Waals surface area contributed by atoms with Gasteiger partial charge in [0.15, 0.2) is 0 Å². The van der Waals surface area contributed by atoms with Crippen LogP contribution in [0.5, 0.6) is 0 Å². The number of hydrogen-bond acceptors (Lipinski definition) is 3. The number of amidine groups is 1. The predicted octanol–water partition coefficient (Wildman–Crippen LogP) is 1.31. The number of hydrogen-bond donors (Lipinski definition) is 1. The number of rotatable bonds is 1. The average Bonchev–Trinajstić information content (AvgIpc) is 2.84. The summed E-state index contributed by atoms with van der Waals surface area (Å²) in [5.41, 5.74) is 2.10. The molecule has 82 valence electrons. The summed E-state index contributed by atoms with van der Waals surface area (Å²) in [6.07, 6.45) is 0. The first-order chi connectivity index (χ1) is 7.75. The van der Waals surface area contributed by atoms with Gasteiger partial charge in [0.2, 0.25) is 0 Å². The van der Waals surface area contributed by atoms with Crippen molar-refractivity contribution in [1.82, 2.24) is 15.1 Å². The van der Waals surface area contributed by atoms with E-state index in [9.17, 15) is 0 Å². The Hall–Kier alpha value is -1.84. The molecule has 4 nitrogen and oxygen atoms in total. The van der Waals surface area contributed by atoms with Gasteiger partial charge in [0.1, 0.15) is 11.5 Å². The van der Waals surface area contributed by atoms with Gasteiger partial charge in [0.05, 0.1) is 12.1 Å². The Morgan fingerprint density at radius 1 is 1.38 bits per heavy atom. The van der Waals surface area contributed by atoms with Crippen LogP contribution >= 0.6 is 0 Å². The van der Waals surface area contributed by atoms with Gasteiger partial charge in [-0.1, -0.05) is 18.2 Å². The summed E-state index contributed by atoms with van der Waals surface area (Å²) in [4.78, 5) is 4.48. The molecule has 0 amide bonds. The van der Waals surface area contributed by atoms with Crippen molar-refractivity contribution in [2.45, 2.75) is 13.0 Å². The molecule has 0 fully saturated rings. The minimum Gasteiger partial charge on any atom is -0.364 e. The van der Waals surface area contributed by atoms with Crippen LogP contribution in [0.25, 0.3) is 10.9 Å². The molecule has 0 bridgehead atoms. The van der Waals surface area contributed by atoms with E-state index in [1.807, 2.05) is 23.9 Å². The molecule has 2 heterocycles. The number of benzene rings is 1. The van der Waals surface area contributed by atoms with Crippen LogP contribution in [0.15, 0.2) is 29.3 Å². The minimum atomic E-state index is 0.413. The maximum Gasteiger partial charge on any atom is 0.150 e. The van der Waals surface area contributed by atoms with Gasteiger partial charge in [0, 0.05) is 18.5 Å². The molecule has 3 rings (SSSR count). The van der Waals surface area contributed by atoms with Crippen molar-refractivity contribution in [3.05, 3.63) is 30.0 Å². The van der Waals surface area contributed by atoms with Crippen LogP contribution in [0.1, 0.15) is 12.6 Å². The van der Waals surface area contributed by atoms with Crippen LogP contribution in [-0.2, 0) is 7.05 Å². The standard InChI is InChI=1S/C12H14N4/c1-8-7-13-12(14-8)11-9-5-3-4-6-10(9)16(2)15-11/h3-6,8H,7H2,1-2H3,(H,13,14). The molecule has 1 unspecified atom stereocenters. The quantitative estimate of drug-likeness (QED) is 0.777. The number of aromatic nitrogens is 2. The van der Waals surface area contributed by atoms with Gasteiger partial charge in [-0.25, -0.2) is 0 Å². The van der Waals surface area contributed by atoms with Crippen molar-refractivity contribution in [1.29, 1.82) is 0 Å². The highest BCUT2D eigenvalue weighted by atomic mass is 15.3. The Morgan fingerprint density at radius 2 is 2.19 bits per heavy atom. The lowest BCUT2D eigenvalue weighted by atomic mass is 10.2. The van der Waals surface area contributed by atoms with E-state index in [1.165, 1.54) is 0 Å². The van der Waals surface area contributed by atoms with Crippen molar-refractivity contribution in [2.24, 2.45) is 12.0 Å². The molecule has 0 saturated carbocycles. The molecule has 1 N–H and O–H groups in total. The van der Waals surface area contributed by atoms with E-state index in [0.29, 0.717) is 6.04 Å². The van der Waals surface area contributed by atoms with Crippen molar-refractivity contribution < 1.29 is 0 Å². The van der Waals surface area contributed by atoms with Crippen molar-refractivity contribution in [3.8, 4) is 0 Å². The van der Waals surface area contributed by atoms with Crippen LogP contribution in [0, 0.1) is 0 Å². The molecule has 16 heavy (non-hydrogen) atoms. The Labute approximate surface area is 94.0 Å². The third kappa shape index (κ3) is 1.30. The van der Waals surface area contributed by atoms with Crippen LogP contribution < -0.4 is 5.32 Å². The monoisotopic (exact) mass is 214 g/mol. The fraction of sp³-hybridized carbons (Fsp3) is 0.333. The molecule has 0 aliphatic carbocycles. The van der Waals surface area contributed by atoms with E-state index in [4.69, 9.17) is 0 Å². The number of nitrogens with one attached hydrogen (secondary N) is 1. The Morgan fingerprint density at radius 3 is 2.94 bits per heavy atom. The molecule has 2 aromatic rings. The van der Waals surface area contributed by atoms with Crippen molar-refractivity contribution >= 4 is 16.7 Å². The number of fused-ring (bicyclic) bond motifs is 1. The highest BCUT2D eigenvalue weighted by molar-refractivity contribution is 6.08. The first-order valence-electron chi connectivity index (χ1n) is 5.49. The molecule has 1 aromatic carbocycles. The van der Waals surface area contributed by atoms with Gasteiger partial charge in [-0.2, -0.15) is 5.10 Å². The Balaban J connectivity index is 2.18. The van der Waals surface area contributed by atoms with E-state index in [-0.39, 0.29) is 0 Å². The molecule has 1 aliphatic heterocycles. The molecule has 1 aromatic heterocycles. The van der Waals surface area contributed by atoms with Gasteiger partial charge in [-0.3, -0.25) is 9.67 Å². The Bertz CT molecular complexity index is 567. The number of nitrogens with zero attached hydrogens (tertiary/aromatic N) is 3. The summed E-state index contributed by atoms with van der Waals surface area (Å²) in [6, 6.07) is 8.64. The van der Waals surface area contributed by atoms with Crippen molar-refractivity contribution in [2.75, 3.05) is 6.54 Å². The molecule has 4 heteroatoms. The van der Waals surface area contributed by atoms with E-state index in [1.54, 1.807) is 0 Å². The smallest absolute Gasteiger partial charge is 0.150 e. The molecular formula is C12H14N4. The minimum absolute atomic E-state index is 0.413. The summed E-state index contributed by atoms with van der Waals surface area (Å²) in [5, 5.41) is 9.04. The first-order valence-corrected chi connectivity index (χ1v) is 5.49. The van der Waals surface area contributed by atoms with E-state index in [2.05, 4.69) is 34.5 Å². The normalized spacial score (nSPS) is 19.9. The Kier molecular flexibility index (Phi) is 1.96. The second-order valence-electron chi connectivity index (χ2n) is 4.22. The molecule has 0 saturated heterocycles. The zero-order valence-electron chi connectivity index (χ0n) is 9.44. The average molecular weight is 214 g/mol. The molecule has 1 aliphatic rings. The van der Waals surface area contributed by atoms with Gasteiger partial charge in [-0.05, 0) is 13.0 Å². The second kappa shape index (κ2) is 3.33. The largest absolute Gasteiger partial charge is 0.364 e. The fourth-order valence-electron chi connectivity index (χ4n) is 2.08.